The van der Waals surface area contributed by atoms with Gasteiger partial charge < -0.3 is 5.73 Å². The molecule has 0 fully saturated rings. The highest BCUT2D eigenvalue weighted by molar-refractivity contribution is 7.92. The quantitative estimate of drug-likeness (QED) is 0.907. The predicted octanol–water partition coefficient (Wildman–Crippen LogP) is 2.30. The van der Waals surface area contributed by atoms with Gasteiger partial charge in [0.2, 0.25) is 0 Å². The van der Waals surface area contributed by atoms with Gasteiger partial charge in [-0.1, -0.05) is 23.7 Å². The molecule has 0 spiro atoms. The molecule has 2 aromatic rings. The first-order valence-electron chi connectivity index (χ1n) is 5.86. The van der Waals surface area contributed by atoms with Gasteiger partial charge >= 0.3 is 0 Å². The van der Waals surface area contributed by atoms with Crippen molar-refractivity contribution in [1.29, 1.82) is 0 Å². The van der Waals surface area contributed by atoms with Crippen LogP contribution in [0.1, 0.15) is 11.1 Å². The number of sulfonamides is 1. The van der Waals surface area contributed by atoms with Crippen LogP contribution < -0.4 is 10.5 Å². The highest BCUT2D eigenvalue weighted by atomic mass is 35.5. The van der Waals surface area contributed by atoms with Crippen LogP contribution in [-0.2, 0) is 16.6 Å². The van der Waals surface area contributed by atoms with Gasteiger partial charge in [-0.15, -0.1) is 0 Å². The van der Waals surface area contributed by atoms with E-state index in [4.69, 9.17) is 17.3 Å². The van der Waals surface area contributed by atoms with Crippen molar-refractivity contribution in [2.45, 2.75) is 18.5 Å². The number of halogens is 1. The molecule has 5 nitrogen and oxygen atoms in total. The first kappa shape index (κ1) is 14.8. The number of nitrogens with two attached hydrogens (primary N) is 1. The number of hydrogen-bond donors (Lipinski definition) is 2. The Morgan fingerprint density at radius 2 is 2.05 bits per heavy atom. The number of hydrogen-bond acceptors (Lipinski definition) is 4. The predicted molar refractivity (Wildman–Crippen MR) is 79.1 cm³/mol. The molecule has 0 saturated carbocycles. The Morgan fingerprint density at radius 3 is 2.65 bits per heavy atom. The summed E-state index contributed by atoms with van der Waals surface area (Å²) in [5.74, 6) is 0. The Morgan fingerprint density at radius 1 is 1.30 bits per heavy atom. The minimum absolute atomic E-state index is 0.0610. The molecule has 0 bridgehead atoms. The molecule has 0 aliphatic carbocycles. The van der Waals surface area contributed by atoms with Gasteiger partial charge in [-0.2, -0.15) is 8.42 Å². The molecule has 3 N–H and O–H groups in total. The number of aryl methyl sites for hydroxylation is 1. The van der Waals surface area contributed by atoms with Gasteiger partial charge in [0.1, 0.15) is 0 Å². The average molecular weight is 312 g/mol. The fourth-order valence-electron chi connectivity index (χ4n) is 1.59. The van der Waals surface area contributed by atoms with E-state index in [1.165, 1.54) is 12.3 Å². The normalized spacial score (nSPS) is 11.3. The molecule has 0 radical (unpaired) electrons. The van der Waals surface area contributed by atoms with E-state index < -0.39 is 10.0 Å². The van der Waals surface area contributed by atoms with E-state index in [9.17, 15) is 8.42 Å². The molecule has 0 atom stereocenters. The molecular weight excluding hydrogens is 298 g/mol. The van der Waals surface area contributed by atoms with Crippen molar-refractivity contribution in [3.63, 3.8) is 0 Å². The number of nitrogens with one attached hydrogen (secondary N) is 1. The number of benzene rings is 1. The van der Waals surface area contributed by atoms with Crippen LogP contribution in [-0.4, -0.2) is 13.4 Å². The van der Waals surface area contributed by atoms with Gasteiger partial charge in [-0.3, -0.25) is 4.72 Å². The summed E-state index contributed by atoms with van der Waals surface area (Å²) >= 11 is 5.87. The first-order chi connectivity index (χ1) is 9.42. The zero-order valence-electron chi connectivity index (χ0n) is 10.8. The lowest BCUT2D eigenvalue weighted by molar-refractivity contribution is 0.597. The van der Waals surface area contributed by atoms with Crippen molar-refractivity contribution in [2.24, 2.45) is 5.73 Å². The Kier molecular flexibility index (Phi) is 4.27. The van der Waals surface area contributed by atoms with E-state index >= 15 is 0 Å². The molecule has 1 aromatic carbocycles. The zero-order chi connectivity index (χ0) is 14.8. The molecule has 0 unspecified atom stereocenters. The van der Waals surface area contributed by atoms with Gasteiger partial charge in [0.15, 0.2) is 5.03 Å². The van der Waals surface area contributed by atoms with Gasteiger partial charge in [0.25, 0.3) is 10.0 Å². The Balaban J connectivity index is 2.32. The van der Waals surface area contributed by atoms with Gasteiger partial charge in [0, 0.05) is 17.8 Å². The van der Waals surface area contributed by atoms with E-state index in [-0.39, 0.29) is 5.03 Å². The van der Waals surface area contributed by atoms with Crippen molar-refractivity contribution < 1.29 is 8.42 Å². The van der Waals surface area contributed by atoms with Gasteiger partial charge in [0.05, 0.1) is 5.69 Å². The van der Waals surface area contributed by atoms with Crippen molar-refractivity contribution in [3.8, 4) is 0 Å². The summed E-state index contributed by atoms with van der Waals surface area (Å²) in [6, 6.07) is 8.05. The van der Waals surface area contributed by atoms with Crippen molar-refractivity contribution in [2.75, 3.05) is 4.72 Å². The smallest absolute Gasteiger partial charge is 0.279 e. The van der Waals surface area contributed by atoms with Crippen LogP contribution >= 0.6 is 11.6 Å². The lowest BCUT2D eigenvalue weighted by Crippen LogP contribution is -2.15. The first-order valence-corrected chi connectivity index (χ1v) is 7.72. The molecule has 2 rings (SSSR count). The van der Waals surface area contributed by atoms with E-state index in [1.807, 2.05) is 0 Å². The number of anilines is 1. The van der Waals surface area contributed by atoms with Crippen LogP contribution in [0.25, 0.3) is 0 Å². The average Bonchev–Trinajstić information content (AvgIpc) is 2.43. The van der Waals surface area contributed by atoms with E-state index in [2.05, 4.69) is 9.71 Å². The Labute approximate surface area is 122 Å². The second-order valence-corrected chi connectivity index (χ2v) is 6.34. The lowest BCUT2D eigenvalue weighted by atomic mass is 10.2. The van der Waals surface area contributed by atoms with Crippen LogP contribution in [0.15, 0.2) is 41.6 Å². The van der Waals surface area contributed by atoms with E-state index in [1.54, 1.807) is 31.2 Å². The fraction of sp³-hybridized carbons (Fsp3) is 0.154. The molecule has 0 aliphatic rings. The van der Waals surface area contributed by atoms with E-state index in [0.29, 0.717) is 17.3 Å². The zero-order valence-corrected chi connectivity index (χ0v) is 12.4. The Hall–Kier alpha value is -1.63. The second-order valence-electron chi connectivity index (χ2n) is 4.27. The van der Waals surface area contributed by atoms with Crippen LogP contribution in [0.4, 0.5) is 5.69 Å². The van der Waals surface area contributed by atoms with Gasteiger partial charge in [-0.25, -0.2) is 4.98 Å². The SMILES string of the molecule is Cc1ccc(Cl)cc1NS(=O)(=O)c1ccc(CN)cn1. The third-order valence-corrected chi connectivity index (χ3v) is 4.27. The second kappa shape index (κ2) is 5.78. The molecule has 1 aromatic heterocycles. The molecule has 20 heavy (non-hydrogen) atoms. The molecule has 0 saturated heterocycles. The third kappa shape index (κ3) is 3.27. The molecule has 106 valence electrons. The van der Waals surface area contributed by atoms with Gasteiger partial charge in [-0.05, 0) is 36.2 Å². The van der Waals surface area contributed by atoms with Crippen LogP contribution in [0.3, 0.4) is 0 Å². The molecule has 0 amide bonds. The molecular formula is C13H14ClN3O2S. The maximum atomic E-state index is 12.2. The highest BCUT2D eigenvalue weighted by Gasteiger charge is 2.16. The summed E-state index contributed by atoms with van der Waals surface area (Å²) in [5.41, 5.74) is 7.42. The summed E-state index contributed by atoms with van der Waals surface area (Å²) in [7, 11) is -3.74. The maximum absolute atomic E-state index is 12.2. The molecule has 7 heteroatoms. The standard InChI is InChI=1S/C13H14ClN3O2S/c1-9-2-4-11(14)6-12(9)17-20(18,19)13-5-3-10(7-15)8-16-13/h2-6,8,17H,7,15H2,1H3. The Bertz CT molecular complexity index is 715. The topological polar surface area (TPSA) is 85.1 Å². The summed E-state index contributed by atoms with van der Waals surface area (Å²) < 4.78 is 26.9. The number of aromatic nitrogens is 1. The summed E-state index contributed by atoms with van der Waals surface area (Å²) in [6.45, 7) is 2.10. The van der Waals surface area contributed by atoms with Crippen LogP contribution in [0.2, 0.25) is 5.02 Å². The number of rotatable bonds is 4. The third-order valence-electron chi connectivity index (χ3n) is 2.75. The molecule has 1 heterocycles. The minimum Gasteiger partial charge on any atom is -0.326 e. The minimum atomic E-state index is -3.74. The summed E-state index contributed by atoms with van der Waals surface area (Å²) in [5, 5.41) is 0.397. The van der Waals surface area contributed by atoms with Crippen LogP contribution in [0, 0.1) is 6.92 Å². The van der Waals surface area contributed by atoms with Crippen molar-refractivity contribution in [1.82, 2.24) is 4.98 Å². The van der Waals surface area contributed by atoms with Crippen LogP contribution in [0.5, 0.6) is 0 Å². The molecule has 0 aliphatic heterocycles. The summed E-state index contributed by atoms with van der Waals surface area (Å²) in [6.07, 6.45) is 1.44. The largest absolute Gasteiger partial charge is 0.326 e. The van der Waals surface area contributed by atoms with Crippen molar-refractivity contribution in [3.05, 3.63) is 52.7 Å². The summed E-state index contributed by atoms with van der Waals surface area (Å²) in [4.78, 5) is 3.91. The van der Waals surface area contributed by atoms with Crippen molar-refractivity contribution >= 4 is 27.3 Å². The monoisotopic (exact) mass is 311 g/mol. The van der Waals surface area contributed by atoms with E-state index in [0.717, 1.165) is 11.1 Å². The maximum Gasteiger partial charge on any atom is 0.279 e. The number of nitrogens with zero attached hydrogens (tertiary/aromatic N) is 1. The number of pyridine rings is 1. The highest BCUT2D eigenvalue weighted by Crippen LogP contribution is 2.22. The fourth-order valence-corrected chi connectivity index (χ4v) is 2.82. The lowest BCUT2D eigenvalue weighted by Gasteiger charge is -2.10.